The zero-order valence-corrected chi connectivity index (χ0v) is 35.8. The highest BCUT2D eigenvalue weighted by Crippen LogP contribution is 2.46. The van der Waals surface area contributed by atoms with Crippen LogP contribution >= 0.6 is 11.3 Å². The van der Waals surface area contributed by atoms with Gasteiger partial charge in [0.15, 0.2) is 17.5 Å². The molecule has 0 saturated carbocycles. The van der Waals surface area contributed by atoms with Gasteiger partial charge in [0, 0.05) is 58.2 Å². The Balaban J connectivity index is 1.07. The summed E-state index contributed by atoms with van der Waals surface area (Å²) in [5.74, 6) is 1.66. The molecule has 0 atom stereocenters. The molecule has 0 unspecified atom stereocenters. The fraction of sp³-hybridized carbons (Fsp3) is 0. The number of nitrogens with zero attached hydrogens (tertiary/aromatic N) is 4. The van der Waals surface area contributed by atoms with E-state index in [9.17, 15) is 0 Å². The van der Waals surface area contributed by atoms with Gasteiger partial charge < -0.3 is 13.4 Å². The molecule has 0 aliphatic heterocycles. The van der Waals surface area contributed by atoms with Gasteiger partial charge in [0.05, 0.1) is 27.7 Å². The van der Waals surface area contributed by atoms with E-state index in [1.807, 2.05) is 30.3 Å². The summed E-state index contributed by atoms with van der Waals surface area (Å²) in [6, 6.07) is 68.5. The van der Waals surface area contributed by atoms with Crippen LogP contribution in [0.4, 0.5) is 0 Å². The standard InChI is InChI=1S/C59H32N4O2S/c1-3-15-35-31-47-43(29-33(35)13-1)37-17-5-8-22-45(37)63(47)46-28-27-42(56-55(46)44-30-34-14-2-4-16-36(34)32-50(44)65-56)59-61-57(40-20-11-24-49-53(40)38-18-6-9-23-48(38)64-49)60-58(62-59)41-21-12-26-52-54(41)39-19-7-10-25-51(39)66-52/h1-32H. The lowest BCUT2D eigenvalue weighted by Gasteiger charge is -2.13. The molecule has 15 aromatic rings. The first-order chi connectivity index (χ1) is 32.7. The number of aromatic nitrogens is 4. The molecule has 6 nitrogen and oxygen atoms in total. The van der Waals surface area contributed by atoms with E-state index in [4.69, 9.17) is 23.8 Å². The summed E-state index contributed by atoms with van der Waals surface area (Å²) >= 11 is 1.78. The molecule has 7 heteroatoms. The summed E-state index contributed by atoms with van der Waals surface area (Å²) < 4.78 is 18.4. The molecular formula is C59H32N4O2S. The third-order valence-electron chi connectivity index (χ3n) is 13.4. The van der Waals surface area contributed by atoms with Crippen molar-refractivity contribution in [1.29, 1.82) is 0 Å². The number of para-hydroxylation sites is 2. The first kappa shape index (κ1) is 35.8. The van der Waals surface area contributed by atoms with Crippen molar-refractivity contribution in [3.05, 3.63) is 194 Å². The molecule has 0 spiro atoms. The molecular weight excluding hydrogens is 829 g/mol. The highest BCUT2D eigenvalue weighted by atomic mass is 32.1. The number of hydrogen-bond donors (Lipinski definition) is 0. The monoisotopic (exact) mass is 860 g/mol. The number of thiophene rings is 1. The van der Waals surface area contributed by atoms with E-state index in [1.165, 1.54) is 36.3 Å². The van der Waals surface area contributed by atoms with Crippen LogP contribution in [0.15, 0.2) is 203 Å². The number of fused-ring (bicyclic) bond motifs is 14. The van der Waals surface area contributed by atoms with Gasteiger partial charge in [-0.1, -0.05) is 127 Å². The molecule has 0 fully saturated rings. The van der Waals surface area contributed by atoms with Crippen molar-refractivity contribution in [3.8, 4) is 39.9 Å². The molecule has 0 saturated heterocycles. The third-order valence-corrected chi connectivity index (χ3v) is 14.5. The Labute approximate surface area is 379 Å². The highest BCUT2D eigenvalue weighted by molar-refractivity contribution is 7.25. The second kappa shape index (κ2) is 13.4. The largest absolute Gasteiger partial charge is 0.456 e. The van der Waals surface area contributed by atoms with Crippen LogP contribution in [0, 0.1) is 0 Å². The molecule has 0 aliphatic rings. The van der Waals surface area contributed by atoms with Crippen molar-refractivity contribution < 1.29 is 8.83 Å². The Kier molecular flexibility index (Phi) is 7.28. The van der Waals surface area contributed by atoms with Crippen molar-refractivity contribution in [1.82, 2.24) is 19.5 Å². The van der Waals surface area contributed by atoms with E-state index in [2.05, 4.69) is 168 Å². The molecule has 0 N–H and O–H groups in total. The van der Waals surface area contributed by atoms with Crippen molar-refractivity contribution in [3.63, 3.8) is 0 Å². The van der Waals surface area contributed by atoms with Gasteiger partial charge in [0.2, 0.25) is 0 Å². The maximum Gasteiger partial charge on any atom is 0.167 e. The summed E-state index contributed by atoms with van der Waals surface area (Å²) in [5, 5.41) is 13.3. The highest BCUT2D eigenvalue weighted by Gasteiger charge is 2.25. The fourth-order valence-corrected chi connectivity index (χ4v) is 11.6. The van der Waals surface area contributed by atoms with Crippen molar-refractivity contribution in [2.45, 2.75) is 0 Å². The minimum atomic E-state index is 0.518. The van der Waals surface area contributed by atoms with Gasteiger partial charge in [-0.3, -0.25) is 0 Å². The van der Waals surface area contributed by atoms with Crippen LogP contribution in [0.5, 0.6) is 0 Å². The second-order valence-electron chi connectivity index (χ2n) is 17.1. The van der Waals surface area contributed by atoms with Crippen molar-refractivity contribution in [2.24, 2.45) is 0 Å². The van der Waals surface area contributed by atoms with Crippen LogP contribution in [-0.2, 0) is 0 Å². The number of benzene rings is 10. The van der Waals surface area contributed by atoms with Crippen molar-refractivity contribution in [2.75, 3.05) is 0 Å². The van der Waals surface area contributed by atoms with Crippen LogP contribution < -0.4 is 0 Å². The molecule has 0 aliphatic carbocycles. The Hall–Kier alpha value is -8.65. The number of rotatable bonds is 4. The van der Waals surface area contributed by atoms with Crippen LogP contribution in [0.3, 0.4) is 0 Å². The van der Waals surface area contributed by atoms with E-state index in [0.29, 0.717) is 23.1 Å². The van der Waals surface area contributed by atoms with Gasteiger partial charge in [-0.05, 0) is 88.3 Å². The normalized spacial score (nSPS) is 12.2. The predicted octanol–water partition coefficient (Wildman–Crippen LogP) is 16.4. The maximum absolute atomic E-state index is 7.17. The average molecular weight is 861 g/mol. The third kappa shape index (κ3) is 5.08. The van der Waals surface area contributed by atoms with Crippen LogP contribution in [0.1, 0.15) is 0 Å². The van der Waals surface area contributed by atoms with Crippen LogP contribution in [0.2, 0.25) is 0 Å². The minimum Gasteiger partial charge on any atom is -0.456 e. The Morgan fingerprint density at radius 3 is 1.74 bits per heavy atom. The minimum absolute atomic E-state index is 0.518. The van der Waals surface area contributed by atoms with Gasteiger partial charge in [0.1, 0.15) is 22.3 Å². The summed E-state index contributed by atoms with van der Waals surface area (Å²) in [6.07, 6.45) is 0. The maximum atomic E-state index is 7.17. The first-order valence-corrected chi connectivity index (χ1v) is 22.9. The smallest absolute Gasteiger partial charge is 0.167 e. The van der Waals surface area contributed by atoms with E-state index in [1.54, 1.807) is 11.3 Å². The Bertz CT molecular complexity index is 4420. The van der Waals surface area contributed by atoms with Gasteiger partial charge in [-0.2, -0.15) is 0 Å². The first-order valence-electron chi connectivity index (χ1n) is 22.1. The van der Waals surface area contributed by atoms with E-state index < -0.39 is 0 Å². The molecule has 10 aromatic carbocycles. The Morgan fingerprint density at radius 2 is 0.939 bits per heavy atom. The fourth-order valence-electron chi connectivity index (χ4n) is 10.5. The molecule has 66 heavy (non-hydrogen) atoms. The summed E-state index contributed by atoms with van der Waals surface area (Å²) in [6.45, 7) is 0. The van der Waals surface area contributed by atoms with Crippen LogP contribution in [-0.4, -0.2) is 19.5 Å². The van der Waals surface area contributed by atoms with Crippen LogP contribution in [0.25, 0.3) is 147 Å². The molecule has 5 aromatic heterocycles. The number of furan rings is 2. The lowest BCUT2D eigenvalue weighted by atomic mass is 10.0. The zero-order chi connectivity index (χ0) is 43.0. The molecule has 0 radical (unpaired) electrons. The SMILES string of the molecule is c1ccc2cc3c(cc2c1)oc1c(-c2nc(-c4cccc5oc6ccccc6c45)nc(-c4cccc5sc6ccccc6c45)n2)ccc(-n2c4ccccc4c4cc5ccccc5cc42)c13. The molecule has 0 bridgehead atoms. The summed E-state index contributed by atoms with van der Waals surface area (Å²) in [4.78, 5) is 16.3. The molecule has 15 rings (SSSR count). The molecule has 5 heterocycles. The molecule has 306 valence electrons. The quantitative estimate of drug-likeness (QED) is 0.176. The molecule has 0 amide bonds. The van der Waals surface area contributed by atoms with Crippen molar-refractivity contribution >= 4 is 119 Å². The topological polar surface area (TPSA) is 69.9 Å². The average Bonchev–Trinajstić information content (AvgIpc) is 4.13. The van der Waals surface area contributed by atoms with E-state index in [-0.39, 0.29) is 0 Å². The lowest BCUT2D eigenvalue weighted by Crippen LogP contribution is -2.02. The van der Waals surface area contributed by atoms with Gasteiger partial charge in [-0.15, -0.1) is 11.3 Å². The Morgan fingerprint density at radius 1 is 0.348 bits per heavy atom. The number of hydrogen-bond acceptors (Lipinski definition) is 6. The lowest BCUT2D eigenvalue weighted by molar-refractivity contribution is 0.668. The predicted molar refractivity (Wildman–Crippen MR) is 273 cm³/mol. The van der Waals surface area contributed by atoms with Gasteiger partial charge >= 0.3 is 0 Å². The second-order valence-corrected chi connectivity index (χ2v) is 18.1. The van der Waals surface area contributed by atoms with E-state index in [0.717, 1.165) is 87.9 Å². The van der Waals surface area contributed by atoms with E-state index >= 15 is 0 Å². The summed E-state index contributed by atoms with van der Waals surface area (Å²) in [7, 11) is 0. The van der Waals surface area contributed by atoms with Gasteiger partial charge in [0.25, 0.3) is 0 Å². The zero-order valence-electron chi connectivity index (χ0n) is 35.0. The van der Waals surface area contributed by atoms with Gasteiger partial charge in [-0.25, -0.2) is 15.0 Å². The summed E-state index contributed by atoms with van der Waals surface area (Å²) in [5.41, 5.74) is 8.94.